The van der Waals surface area contributed by atoms with E-state index >= 15 is 0 Å². The molecule has 0 aliphatic heterocycles. The number of guanidine groups is 1. The average Bonchev–Trinajstić information content (AvgIpc) is 2.03. The van der Waals surface area contributed by atoms with Crippen LogP contribution in [0, 0.1) is 0 Å². The number of hydrogen-bond donors (Lipinski definition) is 2. The average molecular weight is 183 g/mol. The van der Waals surface area contributed by atoms with Crippen LogP contribution in [0.15, 0.2) is 23.4 Å². The maximum Gasteiger partial charge on any atom is 0.335 e. The van der Waals surface area contributed by atoms with Gasteiger partial charge in [0.25, 0.3) is 0 Å². The monoisotopic (exact) mass is 183 g/mol. The summed E-state index contributed by atoms with van der Waals surface area (Å²) in [5.74, 6) is -0.698. The number of hydrogen-bond acceptors (Lipinski definition) is 3. The molecule has 0 aromatic rings. The lowest BCUT2D eigenvalue weighted by atomic mass is 10.3. The van der Waals surface area contributed by atoms with Crippen LogP contribution in [0.25, 0.3) is 0 Å². The largest absolute Gasteiger partial charge is 0.464 e. The number of esters is 1. The van der Waals surface area contributed by atoms with Gasteiger partial charge in [0.1, 0.15) is 0 Å². The zero-order valence-corrected chi connectivity index (χ0v) is 7.49. The summed E-state index contributed by atoms with van der Waals surface area (Å²) in [6.45, 7) is 5.29. The molecule has 0 aromatic heterocycles. The van der Waals surface area contributed by atoms with Crippen LogP contribution < -0.4 is 11.5 Å². The van der Waals surface area contributed by atoms with E-state index in [2.05, 4.69) is 17.3 Å². The number of nitrogens with two attached hydrogens (primary N) is 2. The van der Waals surface area contributed by atoms with Crippen molar-refractivity contribution in [3.63, 3.8) is 0 Å². The molecule has 5 nitrogen and oxygen atoms in total. The highest BCUT2D eigenvalue weighted by Gasteiger charge is 2.14. The topological polar surface area (TPSA) is 90.7 Å². The fourth-order valence-electron chi connectivity index (χ4n) is 0.658. The molecule has 13 heavy (non-hydrogen) atoms. The summed E-state index contributed by atoms with van der Waals surface area (Å²) < 4.78 is 4.70. The molecule has 0 bridgehead atoms. The molecule has 0 rings (SSSR count). The van der Waals surface area contributed by atoms with Gasteiger partial charge in [-0.2, -0.15) is 0 Å². The summed E-state index contributed by atoms with van der Waals surface area (Å²) in [5.41, 5.74) is 12.6. The standard InChI is InChI=1S/C8H13N3O2/c1-3-5-6(11-8(9)10)7(12)13-4-2/h5-6H,1,4H2,2H3,(H4,9,10,11). The third-order valence-electron chi connectivity index (χ3n) is 1.09. The minimum Gasteiger partial charge on any atom is -0.464 e. The highest BCUT2D eigenvalue weighted by molar-refractivity contribution is 5.84. The van der Waals surface area contributed by atoms with E-state index in [-0.39, 0.29) is 12.6 Å². The van der Waals surface area contributed by atoms with Gasteiger partial charge in [-0.15, -0.1) is 5.73 Å². The molecule has 0 saturated heterocycles. The molecule has 0 saturated carbocycles. The van der Waals surface area contributed by atoms with Crippen molar-refractivity contribution in [1.29, 1.82) is 0 Å². The minimum absolute atomic E-state index is 0.176. The summed E-state index contributed by atoms with van der Waals surface area (Å²) in [6, 6.07) is -0.845. The van der Waals surface area contributed by atoms with Gasteiger partial charge in [-0.3, -0.25) is 0 Å². The van der Waals surface area contributed by atoms with E-state index in [0.29, 0.717) is 0 Å². The van der Waals surface area contributed by atoms with Gasteiger partial charge in [0.15, 0.2) is 12.0 Å². The van der Waals surface area contributed by atoms with Gasteiger partial charge in [0.05, 0.1) is 6.61 Å². The minimum atomic E-state index is -0.845. The predicted octanol–water partition coefficient (Wildman–Crippen LogP) is -0.467. The van der Waals surface area contributed by atoms with Crippen LogP contribution in [0.4, 0.5) is 0 Å². The normalized spacial score (nSPS) is 10.8. The summed E-state index contributed by atoms with van der Waals surface area (Å²) >= 11 is 0. The first-order valence-electron chi connectivity index (χ1n) is 3.73. The van der Waals surface area contributed by atoms with Crippen molar-refractivity contribution in [2.24, 2.45) is 16.5 Å². The van der Waals surface area contributed by atoms with E-state index in [1.807, 2.05) is 0 Å². The third-order valence-corrected chi connectivity index (χ3v) is 1.09. The summed E-state index contributed by atoms with van der Waals surface area (Å²) in [4.78, 5) is 14.8. The quantitative estimate of drug-likeness (QED) is 0.267. The van der Waals surface area contributed by atoms with Crippen molar-refractivity contribution in [2.75, 3.05) is 6.61 Å². The van der Waals surface area contributed by atoms with Gasteiger partial charge in [-0.1, -0.05) is 6.58 Å². The number of carbonyl (C=O) groups excluding carboxylic acids is 1. The first kappa shape index (κ1) is 11.3. The van der Waals surface area contributed by atoms with Crippen molar-refractivity contribution in [1.82, 2.24) is 0 Å². The smallest absolute Gasteiger partial charge is 0.335 e. The van der Waals surface area contributed by atoms with Crippen molar-refractivity contribution in [3.8, 4) is 0 Å². The van der Waals surface area contributed by atoms with Gasteiger partial charge in [0, 0.05) is 0 Å². The lowest BCUT2D eigenvalue weighted by molar-refractivity contribution is -0.143. The van der Waals surface area contributed by atoms with E-state index < -0.39 is 12.0 Å². The van der Waals surface area contributed by atoms with E-state index in [1.165, 1.54) is 6.08 Å². The lowest BCUT2D eigenvalue weighted by Crippen LogP contribution is -2.29. The van der Waals surface area contributed by atoms with Gasteiger partial charge >= 0.3 is 5.97 Å². The number of carbonyl (C=O) groups is 1. The van der Waals surface area contributed by atoms with Crippen LogP contribution in [0.1, 0.15) is 6.92 Å². The highest BCUT2D eigenvalue weighted by atomic mass is 16.5. The molecule has 72 valence electrons. The zero-order chi connectivity index (χ0) is 10.3. The van der Waals surface area contributed by atoms with Crippen molar-refractivity contribution in [2.45, 2.75) is 13.0 Å². The molecular formula is C8H13N3O2. The molecule has 1 atom stereocenters. The molecule has 0 aliphatic carbocycles. The molecule has 0 aromatic carbocycles. The Morgan fingerprint density at radius 1 is 1.77 bits per heavy atom. The number of aliphatic imine (C=N–C) groups is 1. The first-order valence-corrected chi connectivity index (χ1v) is 3.73. The Hall–Kier alpha value is -1.74. The number of rotatable bonds is 4. The summed E-state index contributed by atoms with van der Waals surface area (Å²) in [7, 11) is 0. The summed E-state index contributed by atoms with van der Waals surface area (Å²) in [6.07, 6.45) is 1.33. The summed E-state index contributed by atoms with van der Waals surface area (Å²) in [5, 5.41) is 0. The Labute approximate surface area is 76.8 Å². The number of nitrogens with zero attached hydrogens (tertiary/aromatic N) is 1. The molecule has 0 aliphatic rings. The zero-order valence-electron chi connectivity index (χ0n) is 7.49. The Morgan fingerprint density at radius 3 is 2.77 bits per heavy atom. The molecule has 1 unspecified atom stereocenters. The molecule has 5 heteroatoms. The van der Waals surface area contributed by atoms with E-state index in [0.717, 1.165) is 0 Å². The fourth-order valence-corrected chi connectivity index (χ4v) is 0.658. The van der Waals surface area contributed by atoms with Crippen molar-refractivity contribution < 1.29 is 9.53 Å². The van der Waals surface area contributed by atoms with E-state index in [1.54, 1.807) is 6.92 Å². The van der Waals surface area contributed by atoms with Crippen molar-refractivity contribution >= 4 is 11.9 Å². The van der Waals surface area contributed by atoms with Crippen LogP contribution in [0.2, 0.25) is 0 Å². The molecule has 0 amide bonds. The fraction of sp³-hybridized carbons (Fsp3) is 0.375. The van der Waals surface area contributed by atoms with Crippen LogP contribution in [0.3, 0.4) is 0 Å². The maximum absolute atomic E-state index is 11.1. The molecule has 0 heterocycles. The van der Waals surface area contributed by atoms with Gasteiger partial charge < -0.3 is 16.2 Å². The first-order chi connectivity index (χ1) is 6.11. The van der Waals surface area contributed by atoms with E-state index in [9.17, 15) is 4.79 Å². The molecule has 0 spiro atoms. The second kappa shape index (κ2) is 5.85. The van der Waals surface area contributed by atoms with Crippen LogP contribution >= 0.6 is 0 Å². The Bertz CT molecular complexity index is 250. The second-order valence-corrected chi connectivity index (χ2v) is 2.12. The molecule has 0 fully saturated rings. The van der Waals surface area contributed by atoms with E-state index in [4.69, 9.17) is 16.2 Å². The maximum atomic E-state index is 11.1. The van der Waals surface area contributed by atoms with Gasteiger partial charge in [-0.25, -0.2) is 9.79 Å². The van der Waals surface area contributed by atoms with Crippen LogP contribution in [0.5, 0.6) is 0 Å². The van der Waals surface area contributed by atoms with Crippen LogP contribution in [-0.4, -0.2) is 24.6 Å². The second-order valence-electron chi connectivity index (χ2n) is 2.12. The lowest BCUT2D eigenvalue weighted by Gasteiger charge is -2.05. The molecule has 4 N–H and O–H groups in total. The molecule has 0 radical (unpaired) electrons. The predicted molar refractivity (Wildman–Crippen MR) is 49.9 cm³/mol. The van der Waals surface area contributed by atoms with Crippen molar-refractivity contribution in [3.05, 3.63) is 18.4 Å². The Balaban J connectivity index is 4.51. The Morgan fingerprint density at radius 2 is 2.38 bits per heavy atom. The Kier molecular flexibility index (Phi) is 5.07. The van der Waals surface area contributed by atoms with Crippen LogP contribution in [-0.2, 0) is 9.53 Å². The van der Waals surface area contributed by atoms with Gasteiger partial charge in [-0.05, 0) is 13.0 Å². The highest BCUT2D eigenvalue weighted by Crippen LogP contribution is 1.96. The third kappa shape index (κ3) is 4.66. The molecular weight excluding hydrogens is 170 g/mol. The number of ether oxygens (including phenoxy) is 1. The van der Waals surface area contributed by atoms with Gasteiger partial charge in [0.2, 0.25) is 0 Å². The SMILES string of the molecule is C=C=CC(N=C(N)N)C(=O)OCC.